The summed E-state index contributed by atoms with van der Waals surface area (Å²) < 4.78 is 0.581. The van der Waals surface area contributed by atoms with E-state index in [4.69, 9.17) is 12.2 Å². The Bertz CT molecular complexity index is 520. The molecule has 0 atom stereocenters. The molecule has 1 saturated heterocycles. The van der Waals surface area contributed by atoms with Crippen LogP contribution in [0.5, 0.6) is 0 Å². The van der Waals surface area contributed by atoms with Gasteiger partial charge in [0.1, 0.15) is 0 Å². The molecule has 0 bridgehead atoms. The van der Waals surface area contributed by atoms with Crippen LogP contribution in [-0.2, 0) is 4.79 Å². The van der Waals surface area contributed by atoms with Gasteiger partial charge >= 0.3 is 0 Å². The summed E-state index contributed by atoms with van der Waals surface area (Å²) in [5.41, 5.74) is 1.98. The van der Waals surface area contributed by atoms with Gasteiger partial charge in [-0.3, -0.25) is 9.69 Å². The highest BCUT2D eigenvalue weighted by Crippen LogP contribution is 2.34. The molecule has 94 valence electrons. The normalized spacial score (nSPS) is 17.7. The first kappa shape index (κ1) is 13.1. The molecule has 0 unspecified atom stereocenters. The smallest absolute Gasteiger partial charge is 0.272 e. The standard InChI is InChI=1S/C13H14N2OS2/c1-9-4-6-10(7-5-9)15-12(16)11(8-14(2)3)18-13(15)17/h4-8H,1-3H3/b11-8-. The third kappa shape index (κ3) is 2.57. The fourth-order valence-corrected chi connectivity index (χ4v) is 2.98. The summed E-state index contributed by atoms with van der Waals surface area (Å²) in [5, 5.41) is 0. The number of thioether (sulfide) groups is 1. The molecule has 5 heteroatoms. The second-order valence-electron chi connectivity index (χ2n) is 4.30. The van der Waals surface area contributed by atoms with Gasteiger partial charge in [-0.15, -0.1) is 0 Å². The third-order valence-electron chi connectivity index (χ3n) is 2.46. The van der Waals surface area contributed by atoms with E-state index in [-0.39, 0.29) is 5.91 Å². The van der Waals surface area contributed by atoms with E-state index in [1.54, 1.807) is 11.1 Å². The Kier molecular flexibility index (Phi) is 3.73. The summed E-state index contributed by atoms with van der Waals surface area (Å²) in [7, 11) is 3.77. The molecule has 1 aromatic carbocycles. The largest absolute Gasteiger partial charge is 0.382 e. The highest BCUT2D eigenvalue weighted by Gasteiger charge is 2.33. The highest BCUT2D eigenvalue weighted by molar-refractivity contribution is 8.27. The molecule has 0 radical (unpaired) electrons. The number of rotatable bonds is 2. The zero-order valence-corrected chi connectivity index (χ0v) is 12.1. The van der Waals surface area contributed by atoms with Gasteiger partial charge in [0.2, 0.25) is 0 Å². The van der Waals surface area contributed by atoms with Gasteiger partial charge in [0, 0.05) is 20.3 Å². The Hall–Kier alpha value is -1.33. The van der Waals surface area contributed by atoms with Crippen LogP contribution in [0.1, 0.15) is 5.56 Å². The third-order valence-corrected chi connectivity index (χ3v) is 3.75. The van der Waals surface area contributed by atoms with E-state index in [0.29, 0.717) is 9.23 Å². The second-order valence-corrected chi connectivity index (χ2v) is 5.98. The predicted octanol–water partition coefficient (Wildman–Crippen LogP) is 2.76. The molecule has 2 rings (SSSR count). The molecule has 18 heavy (non-hydrogen) atoms. The molecule has 1 aromatic rings. The highest BCUT2D eigenvalue weighted by atomic mass is 32.2. The van der Waals surface area contributed by atoms with Crippen LogP contribution in [0.3, 0.4) is 0 Å². The van der Waals surface area contributed by atoms with Crippen LogP contribution in [-0.4, -0.2) is 29.2 Å². The Labute approximate surface area is 116 Å². The van der Waals surface area contributed by atoms with Crippen LogP contribution in [0.25, 0.3) is 0 Å². The van der Waals surface area contributed by atoms with Gasteiger partial charge < -0.3 is 4.90 Å². The number of aryl methyl sites for hydroxylation is 1. The SMILES string of the molecule is Cc1ccc(N2C(=O)/C(=C/N(C)C)SC2=S)cc1. The molecule has 1 aliphatic heterocycles. The van der Waals surface area contributed by atoms with Crippen molar-refractivity contribution in [2.75, 3.05) is 19.0 Å². The zero-order chi connectivity index (χ0) is 13.3. The number of thiocarbonyl (C=S) groups is 1. The number of benzene rings is 1. The van der Waals surface area contributed by atoms with Crippen molar-refractivity contribution in [3.05, 3.63) is 40.9 Å². The van der Waals surface area contributed by atoms with Gasteiger partial charge in [0.15, 0.2) is 4.32 Å². The van der Waals surface area contributed by atoms with Crippen molar-refractivity contribution in [2.45, 2.75) is 6.92 Å². The Morgan fingerprint density at radius 3 is 2.44 bits per heavy atom. The fourth-order valence-electron chi connectivity index (χ4n) is 1.61. The maximum atomic E-state index is 12.3. The van der Waals surface area contributed by atoms with Gasteiger partial charge in [-0.25, -0.2) is 0 Å². The first-order valence-corrected chi connectivity index (χ1v) is 6.72. The summed E-state index contributed by atoms with van der Waals surface area (Å²) in [4.78, 5) is 16.3. The molecular formula is C13H14N2OS2. The lowest BCUT2D eigenvalue weighted by atomic mass is 10.2. The summed E-state index contributed by atoms with van der Waals surface area (Å²) >= 11 is 6.61. The van der Waals surface area contributed by atoms with Crippen molar-refractivity contribution in [3.63, 3.8) is 0 Å². The maximum absolute atomic E-state index is 12.3. The number of hydrogen-bond acceptors (Lipinski definition) is 4. The second kappa shape index (κ2) is 5.12. The molecule has 3 nitrogen and oxygen atoms in total. The predicted molar refractivity (Wildman–Crippen MR) is 80.6 cm³/mol. The van der Waals surface area contributed by atoms with Gasteiger partial charge in [-0.1, -0.05) is 41.7 Å². The summed E-state index contributed by atoms with van der Waals surface area (Å²) in [6.07, 6.45) is 1.80. The van der Waals surface area contributed by atoms with Gasteiger partial charge in [-0.2, -0.15) is 0 Å². The molecule has 0 saturated carbocycles. The van der Waals surface area contributed by atoms with Crippen molar-refractivity contribution in [1.82, 2.24) is 4.90 Å². The lowest BCUT2D eigenvalue weighted by Gasteiger charge is -2.14. The van der Waals surface area contributed by atoms with Crippen molar-refractivity contribution in [2.24, 2.45) is 0 Å². The molecule has 0 N–H and O–H groups in total. The number of anilines is 1. The molecule has 1 amide bonds. The molecule has 1 fully saturated rings. The summed E-state index contributed by atoms with van der Waals surface area (Å²) in [6.45, 7) is 2.01. The molecule has 1 aliphatic rings. The van der Waals surface area contributed by atoms with E-state index in [1.165, 1.54) is 11.8 Å². The van der Waals surface area contributed by atoms with Gasteiger partial charge in [-0.05, 0) is 19.1 Å². The van der Waals surface area contributed by atoms with Gasteiger partial charge in [0.05, 0.1) is 10.6 Å². The van der Waals surface area contributed by atoms with E-state index in [1.807, 2.05) is 50.2 Å². The van der Waals surface area contributed by atoms with E-state index in [9.17, 15) is 4.79 Å². The minimum absolute atomic E-state index is 0.0532. The number of carbonyl (C=O) groups is 1. The van der Waals surface area contributed by atoms with E-state index in [0.717, 1.165) is 11.3 Å². The van der Waals surface area contributed by atoms with Crippen molar-refractivity contribution < 1.29 is 4.79 Å². The zero-order valence-electron chi connectivity index (χ0n) is 10.5. The Balaban J connectivity index is 2.32. The van der Waals surface area contributed by atoms with Crippen LogP contribution < -0.4 is 4.90 Å². The first-order chi connectivity index (χ1) is 8.49. The number of carbonyl (C=O) groups excluding carboxylic acids is 1. The Morgan fingerprint density at radius 2 is 1.89 bits per heavy atom. The van der Waals surface area contributed by atoms with Crippen molar-refractivity contribution in [1.29, 1.82) is 0 Å². The topological polar surface area (TPSA) is 23.6 Å². The van der Waals surface area contributed by atoms with Gasteiger partial charge in [0.25, 0.3) is 5.91 Å². The minimum Gasteiger partial charge on any atom is -0.382 e. The first-order valence-electron chi connectivity index (χ1n) is 5.50. The molecule has 0 spiro atoms. The molecule has 1 heterocycles. The van der Waals surface area contributed by atoms with Crippen LogP contribution in [0.2, 0.25) is 0 Å². The monoisotopic (exact) mass is 278 g/mol. The van der Waals surface area contributed by atoms with Crippen molar-refractivity contribution in [3.8, 4) is 0 Å². The number of hydrogen-bond donors (Lipinski definition) is 0. The quantitative estimate of drug-likeness (QED) is 0.613. The van der Waals surface area contributed by atoms with Crippen LogP contribution in [0, 0.1) is 6.92 Å². The van der Waals surface area contributed by atoms with E-state index < -0.39 is 0 Å². The maximum Gasteiger partial charge on any atom is 0.272 e. The average molecular weight is 278 g/mol. The lowest BCUT2D eigenvalue weighted by molar-refractivity contribution is -0.113. The van der Waals surface area contributed by atoms with Crippen LogP contribution in [0.4, 0.5) is 5.69 Å². The average Bonchev–Trinajstić information content (AvgIpc) is 2.55. The Morgan fingerprint density at radius 1 is 1.28 bits per heavy atom. The van der Waals surface area contributed by atoms with Crippen LogP contribution in [0.15, 0.2) is 35.4 Å². The summed E-state index contributed by atoms with van der Waals surface area (Å²) in [6, 6.07) is 7.78. The number of amides is 1. The summed E-state index contributed by atoms with van der Waals surface area (Å²) in [5.74, 6) is -0.0532. The molecular weight excluding hydrogens is 264 g/mol. The van der Waals surface area contributed by atoms with Crippen LogP contribution >= 0.6 is 24.0 Å². The molecule has 0 aromatic heterocycles. The fraction of sp³-hybridized carbons (Fsp3) is 0.231. The minimum atomic E-state index is -0.0532. The molecule has 0 aliphatic carbocycles. The van der Waals surface area contributed by atoms with E-state index in [2.05, 4.69) is 0 Å². The number of nitrogens with zero attached hydrogens (tertiary/aromatic N) is 2. The van der Waals surface area contributed by atoms with Crippen molar-refractivity contribution >= 4 is 39.9 Å². The van der Waals surface area contributed by atoms with E-state index >= 15 is 0 Å². The lowest BCUT2D eigenvalue weighted by Crippen LogP contribution is -2.27.